The first-order chi connectivity index (χ1) is 8.89. The lowest BCUT2D eigenvalue weighted by atomic mass is 9.99. The highest BCUT2D eigenvalue weighted by Crippen LogP contribution is 2.36. The first-order valence-electron chi connectivity index (χ1n) is 5.78. The molecule has 0 radical (unpaired) electrons. The van der Waals surface area contributed by atoms with Gasteiger partial charge in [-0.3, -0.25) is 0 Å². The van der Waals surface area contributed by atoms with Crippen molar-refractivity contribution in [2.75, 3.05) is 0 Å². The normalized spacial score (nSPS) is 11.6. The molecule has 0 spiro atoms. The lowest BCUT2D eigenvalue weighted by Crippen LogP contribution is -2.07. The second-order valence-electron chi connectivity index (χ2n) is 4.38. The van der Waals surface area contributed by atoms with Crippen molar-refractivity contribution >= 4 is 11.6 Å². The summed E-state index contributed by atoms with van der Waals surface area (Å²) < 4.78 is 38.3. The Morgan fingerprint density at radius 1 is 0.947 bits per heavy atom. The highest BCUT2D eigenvalue weighted by atomic mass is 35.5. The average Bonchev–Trinajstić information content (AvgIpc) is 2.33. The molecule has 100 valence electrons. The van der Waals surface area contributed by atoms with Crippen molar-refractivity contribution in [2.45, 2.75) is 19.5 Å². The molecule has 2 aromatic carbocycles. The molecule has 0 atom stereocenters. The van der Waals surface area contributed by atoms with Gasteiger partial charge in [-0.15, -0.1) is 0 Å². The van der Waals surface area contributed by atoms with Crippen LogP contribution in [-0.2, 0) is 12.6 Å². The smallest absolute Gasteiger partial charge is 0.166 e. The van der Waals surface area contributed by atoms with Gasteiger partial charge in [0.25, 0.3) is 0 Å². The van der Waals surface area contributed by atoms with Crippen LogP contribution in [0.5, 0.6) is 0 Å². The Hall–Kier alpha value is -1.48. The predicted molar refractivity (Wildman–Crippen MR) is 70.4 cm³/mol. The van der Waals surface area contributed by atoms with Crippen LogP contribution in [0.4, 0.5) is 13.2 Å². The number of hydrogen-bond donors (Lipinski definition) is 0. The van der Waals surface area contributed by atoms with E-state index >= 15 is 0 Å². The molecule has 0 fully saturated rings. The van der Waals surface area contributed by atoms with Gasteiger partial charge in [-0.2, -0.15) is 13.2 Å². The molecule has 0 aromatic heterocycles. The van der Waals surface area contributed by atoms with E-state index in [2.05, 4.69) is 0 Å². The fourth-order valence-corrected chi connectivity index (χ4v) is 2.25. The summed E-state index contributed by atoms with van der Waals surface area (Å²) in [5, 5.41) is -0.210. The monoisotopic (exact) mass is 284 g/mol. The van der Waals surface area contributed by atoms with Crippen molar-refractivity contribution < 1.29 is 13.2 Å². The maximum Gasteiger partial charge on any atom is 0.417 e. The van der Waals surface area contributed by atoms with Crippen LogP contribution in [0.1, 0.15) is 22.3 Å². The van der Waals surface area contributed by atoms with Gasteiger partial charge in [-0.25, -0.2) is 0 Å². The predicted octanol–water partition coefficient (Wildman–Crippen LogP) is 5.26. The molecular formula is C15H12ClF3. The SMILES string of the molecule is Cc1ccccc1Cc1cccc(C(F)(F)F)c1Cl. The van der Waals surface area contributed by atoms with Crippen molar-refractivity contribution in [1.82, 2.24) is 0 Å². The Kier molecular flexibility index (Phi) is 3.85. The molecular weight excluding hydrogens is 273 g/mol. The van der Waals surface area contributed by atoms with E-state index < -0.39 is 11.7 Å². The fourth-order valence-electron chi connectivity index (χ4n) is 1.95. The standard InChI is InChI=1S/C15H12ClF3/c1-10-5-2-3-6-11(10)9-12-7-4-8-13(14(12)16)15(17,18)19/h2-8H,9H2,1H3. The van der Waals surface area contributed by atoms with Crippen LogP contribution in [0, 0.1) is 6.92 Å². The molecule has 0 aliphatic heterocycles. The van der Waals surface area contributed by atoms with Gasteiger partial charge in [-0.1, -0.05) is 48.0 Å². The van der Waals surface area contributed by atoms with E-state index in [1.807, 2.05) is 31.2 Å². The van der Waals surface area contributed by atoms with Crippen molar-refractivity contribution in [3.63, 3.8) is 0 Å². The van der Waals surface area contributed by atoms with E-state index in [9.17, 15) is 13.2 Å². The largest absolute Gasteiger partial charge is 0.417 e. The third-order valence-electron chi connectivity index (χ3n) is 3.03. The summed E-state index contributed by atoms with van der Waals surface area (Å²) in [4.78, 5) is 0. The summed E-state index contributed by atoms with van der Waals surface area (Å²) >= 11 is 5.88. The zero-order chi connectivity index (χ0) is 14.0. The molecule has 0 bridgehead atoms. The van der Waals surface area contributed by atoms with Crippen molar-refractivity contribution in [3.8, 4) is 0 Å². The van der Waals surface area contributed by atoms with Crippen LogP contribution in [0.15, 0.2) is 42.5 Å². The lowest BCUT2D eigenvalue weighted by Gasteiger charge is -2.13. The Labute approximate surface area is 114 Å². The van der Waals surface area contributed by atoms with Crippen molar-refractivity contribution in [2.24, 2.45) is 0 Å². The second-order valence-corrected chi connectivity index (χ2v) is 4.76. The number of aryl methyl sites for hydroxylation is 1. The van der Waals surface area contributed by atoms with Gasteiger partial charge in [0, 0.05) is 0 Å². The molecule has 0 aliphatic carbocycles. The summed E-state index contributed by atoms with van der Waals surface area (Å²) in [6.07, 6.45) is -4.02. The van der Waals surface area contributed by atoms with Crippen molar-refractivity contribution in [1.29, 1.82) is 0 Å². The third kappa shape index (κ3) is 3.10. The average molecular weight is 285 g/mol. The Bertz CT molecular complexity index is 588. The maximum absolute atomic E-state index is 12.8. The van der Waals surface area contributed by atoms with E-state index in [-0.39, 0.29) is 5.02 Å². The van der Waals surface area contributed by atoms with E-state index in [0.717, 1.165) is 17.2 Å². The van der Waals surface area contributed by atoms with Gasteiger partial charge in [0.05, 0.1) is 10.6 Å². The van der Waals surface area contributed by atoms with Crippen LogP contribution >= 0.6 is 11.6 Å². The van der Waals surface area contributed by atoms with Crippen LogP contribution < -0.4 is 0 Å². The molecule has 2 rings (SSSR count). The van der Waals surface area contributed by atoms with Gasteiger partial charge < -0.3 is 0 Å². The third-order valence-corrected chi connectivity index (χ3v) is 3.47. The zero-order valence-electron chi connectivity index (χ0n) is 10.3. The number of rotatable bonds is 2. The molecule has 4 heteroatoms. The first-order valence-corrected chi connectivity index (χ1v) is 6.16. The maximum atomic E-state index is 12.8. The van der Waals surface area contributed by atoms with E-state index in [4.69, 9.17) is 11.6 Å². The molecule has 0 aliphatic rings. The Morgan fingerprint density at radius 2 is 1.58 bits per heavy atom. The molecule has 0 saturated carbocycles. The number of benzene rings is 2. The van der Waals surface area contributed by atoms with Gasteiger partial charge in [-0.05, 0) is 36.1 Å². The minimum Gasteiger partial charge on any atom is -0.166 e. The van der Waals surface area contributed by atoms with Crippen molar-refractivity contribution in [3.05, 3.63) is 69.7 Å². The van der Waals surface area contributed by atoms with Gasteiger partial charge >= 0.3 is 6.18 Å². The fraction of sp³-hybridized carbons (Fsp3) is 0.200. The molecule has 0 heterocycles. The zero-order valence-corrected chi connectivity index (χ0v) is 11.0. The number of hydrogen-bond acceptors (Lipinski definition) is 0. The summed E-state index contributed by atoms with van der Waals surface area (Å²) in [6.45, 7) is 1.93. The second kappa shape index (κ2) is 5.25. The van der Waals surface area contributed by atoms with Crippen LogP contribution in [0.3, 0.4) is 0 Å². The number of halogens is 4. The van der Waals surface area contributed by atoms with E-state index in [0.29, 0.717) is 12.0 Å². The summed E-state index contributed by atoms with van der Waals surface area (Å²) in [6, 6.07) is 11.6. The summed E-state index contributed by atoms with van der Waals surface area (Å²) in [5.74, 6) is 0. The molecule has 0 nitrogen and oxygen atoms in total. The molecule has 0 saturated heterocycles. The minimum atomic E-state index is -4.42. The van der Waals surface area contributed by atoms with Crippen LogP contribution in [-0.4, -0.2) is 0 Å². The molecule has 0 amide bonds. The minimum absolute atomic E-state index is 0.210. The quantitative estimate of drug-likeness (QED) is 0.706. The van der Waals surface area contributed by atoms with Gasteiger partial charge in [0.1, 0.15) is 0 Å². The molecule has 19 heavy (non-hydrogen) atoms. The highest BCUT2D eigenvalue weighted by Gasteiger charge is 2.33. The van der Waals surface area contributed by atoms with Gasteiger partial charge in [0.2, 0.25) is 0 Å². The van der Waals surface area contributed by atoms with Gasteiger partial charge in [0.15, 0.2) is 0 Å². The van der Waals surface area contributed by atoms with Crippen LogP contribution in [0.25, 0.3) is 0 Å². The van der Waals surface area contributed by atoms with E-state index in [1.165, 1.54) is 6.07 Å². The topological polar surface area (TPSA) is 0 Å². The number of alkyl halides is 3. The molecule has 0 N–H and O–H groups in total. The Morgan fingerprint density at radius 3 is 2.21 bits per heavy atom. The molecule has 0 unspecified atom stereocenters. The lowest BCUT2D eigenvalue weighted by molar-refractivity contribution is -0.137. The first kappa shape index (κ1) is 13.9. The van der Waals surface area contributed by atoms with Crippen LogP contribution in [0.2, 0.25) is 5.02 Å². The highest BCUT2D eigenvalue weighted by molar-refractivity contribution is 6.32. The van der Waals surface area contributed by atoms with E-state index in [1.54, 1.807) is 6.07 Å². The summed E-state index contributed by atoms with van der Waals surface area (Å²) in [5.41, 5.74) is 1.73. The Balaban J connectivity index is 2.40. The molecule has 2 aromatic rings. The summed E-state index contributed by atoms with van der Waals surface area (Å²) in [7, 11) is 0.